The van der Waals surface area contributed by atoms with E-state index in [1.165, 1.54) is 5.56 Å². The second-order valence-electron chi connectivity index (χ2n) is 5.58. The molecule has 1 aliphatic carbocycles. The van der Waals surface area contributed by atoms with E-state index in [2.05, 4.69) is 25.1 Å². The molecule has 0 amide bonds. The zero-order valence-corrected chi connectivity index (χ0v) is 13.0. The fourth-order valence-electron chi connectivity index (χ4n) is 2.99. The van der Waals surface area contributed by atoms with Gasteiger partial charge < -0.3 is 14.6 Å². The van der Waals surface area contributed by atoms with Gasteiger partial charge in [-0.25, -0.2) is 0 Å². The van der Waals surface area contributed by atoms with Crippen molar-refractivity contribution in [3.05, 3.63) is 64.7 Å². The Labute approximate surface area is 130 Å². The molecule has 0 bridgehead atoms. The fourth-order valence-corrected chi connectivity index (χ4v) is 2.99. The topological polar surface area (TPSA) is 38.7 Å². The van der Waals surface area contributed by atoms with E-state index < -0.39 is 6.10 Å². The summed E-state index contributed by atoms with van der Waals surface area (Å²) in [7, 11) is 3.22. The van der Waals surface area contributed by atoms with Gasteiger partial charge in [-0.1, -0.05) is 42.0 Å². The first-order valence-electron chi connectivity index (χ1n) is 7.33. The van der Waals surface area contributed by atoms with Crippen molar-refractivity contribution in [2.24, 2.45) is 0 Å². The van der Waals surface area contributed by atoms with Crippen LogP contribution in [0.15, 0.2) is 42.5 Å². The normalized spacial score (nSPS) is 19.6. The summed E-state index contributed by atoms with van der Waals surface area (Å²) in [5, 5.41) is 10.8. The van der Waals surface area contributed by atoms with Crippen molar-refractivity contribution in [3.63, 3.8) is 0 Å². The Hall–Kier alpha value is -2.26. The molecule has 1 aliphatic rings. The van der Waals surface area contributed by atoms with Gasteiger partial charge in [0.1, 0.15) is 0 Å². The molecule has 2 aromatic rings. The molecular weight excluding hydrogens is 276 g/mol. The summed E-state index contributed by atoms with van der Waals surface area (Å²) >= 11 is 0. The first-order chi connectivity index (χ1) is 10.6. The fraction of sp³-hybridized carbons (Fsp3) is 0.263. The number of ether oxygens (including phenoxy) is 2. The van der Waals surface area contributed by atoms with E-state index in [0.717, 1.165) is 16.7 Å². The highest BCUT2D eigenvalue weighted by molar-refractivity contribution is 5.64. The lowest BCUT2D eigenvalue weighted by Gasteiger charge is -2.27. The minimum absolute atomic E-state index is 0.0505. The van der Waals surface area contributed by atoms with E-state index in [1.807, 2.05) is 30.4 Å². The summed E-state index contributed by atoms with van der Waals surface area (Å²) in [5.74, 6) is 1.26. The van der Waals surface area contributed by atoms with Gasteiger partial charge in [0.25, 0.3) is 0 Å². The Morgan fingerprint density at radius 1 is 1.00 bits per heavy atom. The lowest BCUT2D eigenvalue weighted by Crippen LogP contribution is -2.14. The predicted molar refractivity (Wildman–Crippen MR) is 87.5 cm³/mol. The zero-order chi connectivity index (χ0) is 15.7. The average Bonchev–Trinajstić information content (AvgIpc) is 2.54. The Balaban J connectivity index is 2.04. The van der Waals surface area contributed by atoms with E-state index in [0.29, 0.717) is 11.5 Å². The smallest absolute Gasteiger partial charge is 0.161 e. The summed E-state index contributed by atoms with van der Waals surface area (Å²) < 4.78 is 10.7. The lowest BCUT2D eigenvalue weighted by molar-refractivity contribution is 0.159. The molecule has 0 saturated carbocycles. The van der Waals surface area contributed by atoms with Crippen LogP contribution in [0.4, 0.5) is 0 Å². The summed E-state index contributed by atoms with van der Waals surface area (Å²) in [5.41, 5.74) is 4.14. The maximum absolute atomic E-state index is 10.8. The highest BCUT2D eigenvalue weighted by Crippen LogP contribution is 2.42. The number of methoxy groups -OCH3 is 2. The molecule has 2 atom stereocenters. The van der Waals surface area contributed by atoms with Gasteiger partial charge in [-0.15, -0.1) is 0 Å². The maximum atomic E-state index is 10.8. The molecule has 0 aliphatic heterocycles. The third-order valence-electron chi connectivity index (χ3n) is 4.16. The van der Waals surface area contributed by atoms with Gasteiger partial charge in [-0.05, 0) is 35.7 Å². The Morgan fingerprint density at radius 2 is 1.73 bits per heavy atom. The predicted octanol–water partition coefficient (Wildman–Crippen LogP) is 3.86. The SMILES string of the molecule is COc1cc2c(cc1OC)[C@@H](O)[C@H](c1cccc(C)c1)C=C2. The van der Waals surface area contributed by atoms with Crippen LogP contribution in [0.3, 0.4) is 0 Å². The summed E-state index contributed by atoms with van der Waals surface area (Å²) in [6.45, 7) is 2.06. The number of aryl methyl sites for hydroxylation is 1. The second kappa shape index (κ2) is 5.85. The van der Waals surface area contributed by atoms with Crippen LogP contribution in [0.1, 0.15) is 34.3 Å². The van der Waals surface area contributed by atoms with Crippen LogP contribution in [0.5, 0.6) is 11.5 Å². The standard InChI is InChI=1S/C19H20O3/c1-12-5-4-6-13(9-12)15-8-7-14-10-17(21-2)18(22-3)11-16(14)19(15)20/h4-11,15,19-20H,1-3H3/t15-,19-/m0/s1. The van der Waals surface area contributed by atoms with Crippen molar-refractivity contribution in [3.8, 4) is 11.5 Å². The van der Waals surface area contributed by atoms with Gasteiger partial charge in [-0.2, -0.15) is 0 Å². The molecule has 0 fully saturated rings. The molecule has 1 N–H and O–H groups in total. The minimum Gasteiger partial charge on any atom is -0.493 e. The molecule has 0 spiro atoms. The summed E-state index contributed by atoms with van der Waals surface area (Å²) in [4.78, 5) is 0. The first kappa shape index (κ1) is 14.7. The number of fused-ring (bicyclic) bond motifs is 1. The summed E-state index contributed by atoms with van der Waals surface area (Å²) in [6.07, 6.45) is 3.49. The van der Waals surface area contributed by atoms with Crippen LogP contribution < -0.4 is 9.47 Å². The molecule has 0 saturated heterocycles. The largest absolute Gasteiger partial charge is 0.493 e. The maximum Gasteiger partial charge on any atom is 0.161 e. The van der Waals surface area contributed by atoms with Crippen LogP contribution in [0.2, 0.25) is 0 Å². The van der Waals surface area contributed by atoms with Gasteiger partial charge in [-0.3, -0.25) is 0 Å². The lowest BCUT2D eigenvalue weighted by atomic mass is 9.82. The highest BCUT2D eigenvalue weighted by atomic mass is 16.5. The van der Waals surface area contributed by atoms with Crippen molar-refractivity contribution >= 4 is 6.08 Å². The quantitative estimate of drug-likeness (QED) is 0.935. The average molecular weight is 296 g/mol. The van der Waals surface area contributed by atoms with E-state index in [1.54, 1.807) is 14.2 Å². The molecule has 3 rings (SSSR count). The molecule has 0 unspecified atom stereocenters. The van der Waals surface area contributed by atoms with E-state index in [9.17, 15) is 5.11 Å². The van der Waals surface area contributed by atoms with Crippen LogP contribution in [0.25, 0.3) is 6.08 Å². The van der Waals surface area contributed by atoms with Gasteiger partial charge in [0.05, 0.1) is 20.3 Å². The van der Waals surface area contributed by atoms with E-state index >= 15 is 0 Å². The molecule has 22 heavy (non-hydrogen) atoms. The Morgan fingerprint density at radius 3 is 2.41 bits per heavy atom. The molecule has 114 valence electrons. The van der Waals surface area contributed by atoms with Crippen molar-refractivity contribution in [2.45, 2.75) is 18.9 Å². The second-order valence-corrected chi connectivity index (χ2v) is 5.58. The van der Waals surface area contributed by atoms with Crippen molar-refractivity contribution < 1.29 is 14.6 Å². The van der Waals surface area contributed by atoms with E-state index in [-0.39, 0.29) is 5.92 Å². The van der Waals surface area contributed by atoms with Crippen LogP contribution in [-0.2, 0) is 0 Å². The van der Waals surface area contributed by atoms with Crippen LogP contribution >= 0.6 is 0 Å². The number of benzene rings is 2. The molecule has 0 aromatic heterocycles. The number of hydrogen-bond donors (Lipinski definition) is 1. The Kier molecular flexibility index (Phi) is 3.90. The molecule has 3 nitrogen and oxygen atoms in total. The summed E-state index contributed by atoms with van der Waals surface area (Å²) in [6, 6.07) is 12.0. The number of rotatable bonds is 3. The molecular formula is C19H20O3. The monoisotopic (exact) mass is 296 g/mol. The number of aliphatic hydroxyl groups excluding tert-OH is 1. The van der Waals surface area contributed by atoms with Crippen molar-refractivity contribution in [1.29, 1.82) is 0 Å². The molecule has 0 radical (unpaired) electrons. The van der Waals surface area contributed by atoms with Crippen molar-refractivity contribution in [2.75, 3.05) is 14.2 Å². The molecule has 3 heteroatoms. The third-order valence-corrected chi connectivity index (χ3v) is 4.16. The van der Waals surface area contributed by atoms with Gasteiger partial charge in [0.15, 0.2) is 11.5 Å². The van der Waals surface area contributed by atoms with Gasteiger partial charge >= 0.3 is 0 Å². The molecule has 2 aromatic carbocycles. The molecule has 0 heterocycles. The van der Waals surface area contributed by atoms with Gasteiger partial charge in [0, 0.05) is 5.92 Å². The minimum atomic E-state index is -0.596. The van der Waals surface area contributed by atoms with E-state index in [4.69, 9.17) is 9.47 Å². The number of hydrogen-bond acceptors (Lipinski definition) is 3. The number of aliphatic hydroxyl groups is 1. The van der Waals surface area contributed by atoms with Crippen molar-refractivity contribution in [1.82, 2.24) is 0 Å². The first-order valence-corrected chi connectivity index (χ1v) is 7.33. The van der Waals surface area contributed by atoms with Crippen LogP contribution in [-0.4, -0.2) is 19.3 Å². The third kappa shape index (κ3) is 2.48. The zero-order valence-electron chi connectivity index (χ0n) is 13.0. The Bertz CT molecular complexity index is 719. The van der Waals surface area contributed by atoms with Gasteiger partial charge in [0.2, 0.25) is 0 Å². The van der Waals surface area contributed by atoms with Crippen LogP contribution in [0, 0.1) is 6.92 Å². The highest BCUT2D eigenvalue weighted by Gasteiger charge is 2.27.